The first kappa shape index (κ1) is 21.6. The van der Waals surface area contributed by atoms with Gasteiger partial charge in [-0.15, -0.1) is 0 Å². The number of para-hydroxylation sites is 1. The van der Waals surface area contributed by atoms with Gasteiger partial charge in [-0.05, 0) is 43.0 Å². The zero-order chi connectivity index (χ0) is 21.5. The Balaban J connectivity index is 2.01. The molecule has 0 fully saturated rings. The van der Waals surface area contributed by atoms with Crippen LogP contribution in [0.3, 0.4) is 0 Å². The fraction of sp³-hybridized carbons (Fsp3) is 0.261. The molecule has 0 aliphatic heterocycles. The van der Waals surface area contributed by atoms with E-state index in [0.29, 0.717) is 17.7 Å². The van der Waals surface area contributed by atoms with Crippen LogP contribution in [0.25, 0.3) is 16.9 Å². The lowest BCUT2D eigenvalue weighted by Crippen LogP contribution is -2.42. The van der Waals surface area contributed by atoms with Gasteiger partial charge in [-0.2, -0.15) is 16.9 Å². The summed E-state index contributed by atoms with van der Waals surface area (Å²) in [5.41, 5.74) is 3.71. The molecule has 1 amide bonds. The van der Waals surface area contributed by atoms with Crippen LogP contribution in [-0.4, -0.2) is 46.8 Å². The molecule has 0 saturated heterocycles. The van der Waals surface area contributed by atoms with Crippen LogP contribution in [0.5, 0.6) is 0 Å². The highest BCUT2D eigenvalue weighted by Crippen LogP contribution is 2.27. The molecule has 3 aromatic rings. The number of benzene rings is 2. The van der Waals surface area contributed by atoms with Crippen molar-refractivity contribution in [3.63, 3.8) is 0 Å². The monoisotopic (exact) mass is 423 g/mol. The molecule has 0 bridgehead atoms. The maximum absolute atomic E-state index is 13.2. The van der Waals surface area contributed by atoms with Gasteiger partial charge in [-0.3, -0.25) is 4.79 Å². The number of hydrogen-bond donors (Lipinski definition) is 1. The van der Waals surface area contributed by atoms with Crippen molar-refractivity contribution in [3.8, 4) is 16.9 Å². The number of nitrogens with zero attached hydrogens (tertiary/aromatic N) is 2. The number of hydrogen-bond acceptors (Lipinski definition) is 5. The minimum absolute atomic E-state index is 0.355. The number of carbonyl (C=O) groups excluding carboxylic acids is 2. The van der Waals surface area contributed by atoms with E-state index in [2.05, 4.69) is 5.32 Å². The topological polar surface area (TPSA) is 73.2 Å². The van der Waals surface area contributed by atoms with E-state index in [1.165, 1.54) is 7.11 Å². The van der Waals surface area contributed by atoms with Crippen LogP contribution >= 0.6 is 11.8 Å². The lowest BCUT2D eigenvalue weighted by Gasteiger charge is -2.16. The first-order chi connectivity index (χ1) is 14.5. The molecule has 1 aromatic heterocycles. The Kier molecular flexibility index (Phi) is 7.30. The molecule has 1 N–H and O–H groups in total. The zero-order valence-electron chi connectivity index (χ0n) is 17.3. The Morgan fingerprint density at radius 2 is 1.83 bits per heavy atom. The van der Waals surface area contributed by atoms with Crippen molar-refractivity contribution in [2.45, 2.75) is 19.4 Å². The lowest BCUT2D eigenvalue weighted by atomic mass is 10.0. The van der Waals surface area contributed by atoms with Gasteiger partial charge in [0.05, 0.1) is 18.4 Å². The number of aryl methyl sites for hydroxylation is 1. The molecular formula is C23H25N3O3S. The van der Waals surface area contributed by atoms with E-state index in [9.17, 15) is 9.59 Å². The Morgan fingerprint density at radius 1 is 1.13 bits per heavy atom. The highest BCUT2D eigenvalue weighted by atomic mass is 32.2. The van der Waals surface area contributed by atoms with Crippen LogP contribution in [0.2, 0.25) is 0 Å². The number of amides is 1. The van der Waals surface area contributed by atoms with Gasteiger partial charge in [0.25, 0.3) is 5.91 Å². The van der Waals surface area contributed by atoms with Gasteiger partial charge in [0, 0.05) is 11.8 Å². The summed E-state index contributed by atoms with van der Waals surface area (Å²) >= 11 is 1.61. The molecule has 1 heterocycles. The molecule has 3 rings (SSSR count). The SMILES string of the molecule is COC(=O)[C@H](CCSC)NC(=O)c1cn(-c2ccccc2)nc1-c1ccccc1C. The van der Waals surface area contributed by atoms with Gasteiger partial charge in [-0.1, -0.05) is 42.5 Å². The third kappa shape index (κ3) is 4.91. The zero-order valence-corrected chi connectivity index (χ0v) is 18.1. The quantitative estimate of drug-likeness (QED) is 0.557. The summed E-state index contributed by atoms with van der Waals surface area (Å²) in [5.74, 6) is -0.0780. The van der Waals surface area contributed by atoms with Gasteiger partial charge < -0.3 is 10.1 Å². The fourth-order valence-electron chi connectivity index (χ4n) is 3.15. The van der Waals surface area contributed by atoms with Crippen LogP contribution in [0, 0.1) is 6.92 Å². The molecule has 0 unspecified atom stereocenters. The number of carbonyl (C=O) groups is 2. The molecular weight excluding hydrogens is 398 g/mol. The van der Waals surface area contributed by atoms with Gasteiger partial charge in [0.2, 0.25) is 0 Å². The molecule has 0 radical (unpaired) electrons. The Morgan fingerprint density at radius 3 is 2.50 bits per heavy atom. The summed E-state index contributed by atoms with van der Waals surface area (Å²) < 4.78 is 6.56. The van der Waals surface area contributed by atoms with Crippen molar-refractivity contribution in [1.29, 1.82) is 0 Å². The Hall–Kier alpha value is -3.06. The maximum atomic E-state index is 13.2. The summed E-state index contributed by atoms with van der Waals surface area (Å²) in [7, 11) is 1.33. The molecule has 6 nitrogen and oxygen atoms in total. The van der Waals surface area contributed by atoms with E-state index in [-0.39, 0.29) is 5.91 Å². The van der Waals surface area contributed by atoms with Gasteiger partial charge in [-0.25, -0.2) is 9.48 Å². The van der Waals surface area contributed by atoms with Gasteiger partial charge >= 0.3 is 5.97 Å². The van der Waals surface area contributed by atoms with E-state index < -0.39 is 12.0 Å². The van der Waals surface area contributed by atoms with E-state index >= 15 is 0 Å². The minimum Gasteiger partial charge on any atom is -0.467 e. The molecule has 0 aliphatic rings. The molecule has 0 aliphatic carbocycles. The molecule has 1 atom stereocenters. The molecule has 2 aromatic carbocycles. The number of methoxy groups -OCH3 is 1. The van der Waals surface area contributed by atoms with E-state index in [0.717, 1.165) is 22.6 Å². The summed E-state index contributed by atoms with van der Waals surface area (Å²) in [6.45, 7) is 1.98. The van der Waals surface area contributed by atoms with Crippen LogP contribution in [0.4, 0.5) is 0 Å². The van der Waals surface area contributed by atoms with Gasteiger partial charge in [0.1, 0.15) is 11.7 Å². The number of ether oxygens (including phenoxy) is 1. The smallest absolute Gasteiger partial charge is 0.328 e. The standard InChI is InChI=1S/C23H25N3O3S/c1-16-9-7-8-12-18(16)21-19(15-26(25-21)17-10-5-4-6-11-17)22(27)24-20(13-14-30-3)23(28)29-2/h4-12,15,20H,13-14H2,1-3H3,(H,24,27)/t20-/m0/s1. The Bertz CT molecular complexity index is 1020. The van der Waals surface area contributed by atoms with Gasteiger partial charge in [0.15, 0.2) is 0 Å². The van der Waals surface area contributed by atoms with Crippen LogP contribution < -0.4 is 5.32 Å². The normalized spacial score (nSPS) is 11.7. The third-order valence-corrected chi connectivity index (χ3v) is 5.43. The average Bonchev–Trinajstić information content (AvgIpc) is 3.22. The summed E-state index contributed by atoms with van der Waals surface area (Å²) in [6, 6.07) is 16.7. The molecule has 30 heavy (non-hydrogen) atoms. The van der Waals surface area contributed by atoms with Crippen molar-refractivity contribution in [1.82, 2.24) is 15.1 Å². The van der Waals surface area contributed by atoms with E-state index in [1.54, 1.807) is 22.6 Å². The highest BCUT2D eigenvalue weighted by molar-refractivity contribution is 7.98. The van der Waals surface area contributed by atoms with Crippen molar-refractivity contribution >= 4 is 23.6 Å². The summed E-state index contributed by atoms with van der Waals surface area (Å²) in [6.07, 6.45) is 4.15. The second-order valence-corrected chi connectivity index (χ2v) is 7.80. The molecule has 0 spiro atoms. The minimum atomic E-state index is -0.709. The van der Waals surface area contributed by atoms with E-state index in [4.69, 9.17) is 9.84 Å². The number of nitrogens with one attached hydrogen (secondary N) is 1. The summed E-state index contributed by atoms with van der Waals surface area (Å²) in [4.78, 5) is 25.4. The summed E-state index contributed by atoms with van der Waals surface area (Å²) in [5, 5.41) is 7.54. The van der Waals surface area contributed by atoms with Crippen LogP contribution in [0.1, 0.15) is 22.3 Å². The average molecular weight is 424 g/mol. The molecule has 0 saturated carbocycles. The second-order valence-electron chi connectivity index (χ2n) is 6.82. The van der Waals surface area contributed by atoms with Crippen LogP contribution in [0.15, 0.2) is 60.8 Å². The second kappa shape index (κ2) is 10.1. The number of aromatic nitrogens is 2. The number of rotatable bonds is 8. The maximum Gasteiger partial charge on any atom is 0.328 e. The largest absolute Gasteiger partial charge is 0.467 e. The highest BCUT2D eigenvalue weighted by Gasteiger charge is 2.25. The van der Waals surface area contributed by atoms with Crippen molar-refractivity contribution < 1.29 is 14.3 Å². The molecule has 156 valence electrons. The predicted octanol–water partition coefficient (Wildman–Crippen LogP) is 3.87. The van der Waals surface area contributed by atoms with Crippen molar-refractivity contribution in [2.75, 3.05) is 19.1 Å². The molecule has 7 heteroatoms. The number of esters is 1. The lowest BCUT2D eigenvalue weighted by molar-refractivity contribution is -0.142. The van der Waals surface area contributed by atoms with Crippen molar-refractivity contribution in [2.24, 2.45) is 0 Å². The van der Waals surface area contributed by atoms with Crippen LogP contribution in [-0.2, 0) is 9.53 Å². The van der Waals surface area contributed by atoms with Crippen molar-refractivity contribution in [3.05, 3.63) is 71.9 Å². The van der Waals surface area contributed by atoms with E-state index in [1.807, 2.05) is 67.8 Å². The first-order valence-electron chi connectivity index (χ1n) is 9.64. The third-order valence-electron chi connectivity index (χ3n) is 4.78. The Labute approximate surface area is 180 Å². The fourth-order valence-corrected chi connectivity index (χ4v) is 3.62. The predicted molar refractivity (Wildman–Crippen MR) is 120 cm³/mol. The first-order valence-corrected chi connectivity index (χ1v) is 11.0. The number of thioether (sulfide) groups is 1.